The average molecular weight is 491 g/mol. The van der Waals surface area contributed by atoms with Crippen molar-refractivity contribution < 1.29 is 4.79 Å². The predicted molar refractivity (Wildman–Crippen MR) is 137 cm³/mol. The molecule has 1 saturated heterocycles. The number of thiazole rings is 1. The van der Waals surface area contributed by atoms with Crippen LogP contribution in [0, 0.1) is 12.3 Å². The van der Waals surface area contributed by atoms with E-state index in [0.29, 0.717) is 24.6 Å². The third-order valence-corrected chi connectivity index (χ3v) is 8.87. The summed E-state index contributed by atoms with van der Waals surface area (Å²) in [6, 6.07) is 8.61. The van der Waals surface area contributed by atoms with E-state index in [1.54, 1.807) is 4.90 Å². The van der Waals surface area contributed by atoms with Crippen molar-refractivity contribution in [3.05, 3.63) is 57.4 Å². The summed E-state index contributed by atoms with van der Waals surface area (Å²) in [5, 5.41) is 0.537. The van der Waals surface area contributed by atoms with Gasteiger partial charge >= 0.3 is 0 Å². The first-order valence-electron chi connectivity index (χ1n) is 12.1. The lowest BCUT2D eigenvalue weighted by Crippen LogP contribution is -2.45. The van der Waals surface area contributed by atoms with Crippen molar-refractivity contribution in [1.29, 1.82) is 0 Å². The average Bonchev–Trinajstić information content (AvgIpc) is 3.36. The number of nitrogens with zero attached hydrogens (tertiary/aromatic N) is 5. The van der Waals surface area contributed by atoms with Gasteiger partial charge in [-0.3, -0.25) is 4.79 Å². The van der Waals surface area contributed by atoms with Crippen molar-refractivity contribution in [2.75, 3.05) is 36.0 Å². The molecular formula is C25H30N8OS. The van der Waals surface area contributed by atoms with Crippen LogP contribution in [-0.4, -0.2) is 45.4 Å². The summed E-state index contributed by atoms with van der Waals surface area (Å²) in [6.45, 7) is 4.62. The first-order chi connectivity index (χ1) is 16.8. The van der Waals surface area contributed by atoms with Gasteiger partial charge in [0.2, 0.25) is 0 Å². The molecular weight excluding hydrogens is 460 g/mol. The van der Waals surface area contributed by atoms with Crippen LogP contribution in [0.15, 0.2) is 24.3 Å². The maximum atomic E-state index is 13.3. The standard InChI is InChI=1S/C25H30N8OS/c1-14-22(32-10-7-25(8-11-32)12-15-4-2-3-5-16(15)20(25)26)31-21(27)19(29-14)23(34)33-9-6-17-18(13-33)35-24(28)30-17/h2-5,20H,6-13,26H2,1H3,(H2,27,31)(H2,28,30)/t20-/m1/s1. The van der Waals surface area contributed by atoms with Crippen LogP contribution in [0.3, 0.4) is 0 Å². The highest BCUT2D eigenvalue weighted by Gasteiger charge is 2.46. The number of rotatable bonds is 2. The van der Waals surface area contributed by atoms with Crippen molar-refractivity contribution >= 4 is 34.0 Å². The van der Waals surface area contributed by atoms with E-state index >= 15 is 0 Å². The molecule has 1 aromatic carbocycles. The molecule has 10 heteroatoms. The highest BCUT2D eigenvalue weighted by molar-refractivity contribution is 7.15. The number of fused-ring (bicyclic) bond motifs is 2. The Bertz CT molecular complexity index is 1310. The normalized spacial score (nSPS) is 20.7. The molecule has 2 aliphatic heterocycles. The fraction of sp³-hybridized carbons (Fsp3) is 0.440. The van der Waals surface area contributed by atoms with Gasteiger partial charge < -0.3 is 27.0 Å². The van der Waals surface area contributed by atoms with E-state index in [1.807, 2.05) is 6.92 Å². The molecule has 1 atom stereocenters. The second-order valence-electron chi connectivity index (χ2n) is 9.97. The Hall–Kier alpha value is -3.24. The predicted octanol–water partition coefficient (Wildman–Crippen LogP) is 2.45. The highest BCUT2D eigenvalue weighted by Crippen LogP contribution is 2.51. The zero-order chi connectivity index (χ0) is 24.3. The summed E-state index contributed by atoms with van der Waals surface area (Å²) in [4.78, 5) is 31.9. The number of carbonyl (C=O) groups is 1. The van der Waals surface area contributed by atoms with Gasteiger partial charge in [0.05, 0.1) is 17.9 Å². The molecule has 3 aliphatic rings. The molecule has 9 nitrogen and oxygen atoms in total. The van der Waals surface area contributed by atoms with E-state index in [-0.39, 0.29) is 28.9 Å². The number of carbonyl (C=O) groups excluding carboxylic acids is 1. The topological polar surface area (TPSA) is 140 Å². The molecule has 0 radical (unpaired) electrons. The van der Waals surface area contributed by atoms with Crippen LogP contribution >= 0.6 is 11.3 Å². The third-order valence-electron chi connectivity index (χ3n) is 7.96. The van der Waals surface area contributed by atoms with Crippen molar-refractivity contribution in [2.45, 2.75) is 45.2 Å². The summed E-state index contributed by atoms with van der Waals surface area (Å²) in [6.07, 6.45) is 3.68. The number of nitrogens with two attached hydrogens (primary N) is 3. The Morgan fingerprint density at radius 1 is 1.11 bits per heavy atom. The lowest BCUT2D eigenvalue weighted by atomic mass is 9.73. The van der Waals surface area contributed by atoms with E-state index in [1.165, 1.54) is 22.5 Å². The number of anilines is 3. The fourth-order valence-corrected chi connectivity index (χ4v) is 6.88. The molecule has 2 aromatic heterocycles. The molecule has 6 rings (SSSR count). The lowest BCUT2D eigenvalue weighted by Gasteiger charge is -2.43. The molecule has 35 heavy (non-hydrogen) atoms. The van der Waals surface area contributed by atoms with E-state index < -0.39 is 0 Å². The SMILES string of the molecule is Cc1nc(C(=O)N2CCc3nc(N)sc3C2)c(N)nc1N1CCC2(CC1)Cc1ccccc1[C@H]2N. The lowest BCUT2D eigenvalue weighted by molar-refractivity contribution is 0.0731. The Labute approximate surface area is 208 Å². The molecule has 1 spiro atoms. The van der Waals surface area contributed by atoms with Crippen LogP contribution in [-0.2, 0) is 19.4 Å². The number of hydrogen-bond donors (Lipinski definition) is 3. The number of piperidine rings is 1. The molecule has 0 saturated carbocycles. The number of amides is 1. The molecule has 1 aliphatic carbocycles. The molecule has 4 heterocycles. The maximum Gasteiger partial charge on any atom is 0.276 e. The van der Waals surface area contributed by atoms with E-state index in [2.05, 4.69) is 44.1 Å². The molecule has 1 fully saturated rings. The molecule has 6 N–H and O–H groups in total. The number of benzene rings is 1. The summed E-state index contributed by atoms with van der Waals surface area (Å²) in [7, 11) is 0. The van der Waals surface area contributed by atoms with Gasteiger partial charge in [-0.25, -0.2) is 15.0 Å². The minimum atomic E-state index is -0.199. The quantitative estimate of drug-likeness (QED) is 0.498. The van der Waals surface area contributed by atoms with Gasteiger partial charge in [-0.15, -0.1) is 11.3 Å². The molecule has 182 valence electrons. The third kappa shape index (κ3) is 3.63. The van der Waals surface area contributed by atoms with Crippen molar-refractivity contribution in [1.82, 2.24) is 19.9 Å². The van der Waals surface area contributed by atoms with Crippen LogP contribution in [0.2, 0.25) is 0 Å². The number of aryl methyl sites for hydroxylation is 1. The number of hydrogen-bond acceptors (Lipinski definition) is 9. The number of nitrogen functional groups attached to an aromatic ring is 2. The highest BCUT2D eigenvalue weighted by atomic mass is 32.1. The van der Waals surface area contributed by atoms with E-state index in [4.69, 9.17) is 17.2 Å². The van der Waals surface area contributed by atoms with Gasteiger partial charge in [0.25, 0.3) is 5.91 Å². The Balaban J connectivity index is 1.18. The number of aromatic nitrogens is 3. The van der Waals surface area contributed by atoms with Gasteiger partial charge in [0.15, 0.2) is 22.5 Å². The van der Waals surface area contributed by atoms with Gasteiger partial charge in [0, 0.05) is 37.0 Å². The largest absolute Gasteiger partial charge is 0.382 e. The van der Waals surface area contributed by atoms with Crippen LogP contribution in [0.25, 0.3) is 0 Å². The van der Waals surface area contributed by atoms with Crippen LogP contribution in [0.4, 0.5) is 16.8 Å². The van der Waals surface area contributed by atoms with Crippen molar-refractivity contribution in [2.24, 2.45) is 11.1 Å². The smallest absolute Gasteiger partial charge is 0.276 e. The van der Waals surface area contributed by atoms with Gasteiger partial charge in [-0.1, -0.05) is 24.3 Å². The summed E-state index contributed by atoms with van der Waals surface area (Å²) in [5.41, 5.74) is 23.5. The van der Waals surface area contributed by atoms with Crippen LogP contribution in [0.5, 0.6) is 0 Å². The second kappa shape index (κ2) is 8.17. The Morgan fingerprint density at radius 2 is 1.89 bits per heavy atom. The second-order valence-corrected chi connectivity index (χ2v) is 11.1. The minimum Gasteiger partial charge on any atom is -0.382 e. The van der Waals surface area contributed by atoms with Gasteiger partial charge in [-0.05, 0) is 42.7 Å². The summed E-state index contributed by atoms with van der Waals surface area (Å²) in [5.74, 6) is 0.735. The molecule has 0 bridgehead atoms. The minimum absolute atomic E-state index is 0.0667. The summed E-state index contributed by atoms with van der Waals surface area (Å²) >= 11 is 1.43. The molecule has 1 amide bonds. The van der Waals surface area contributed by atoms with Crippen molar-refractivity contribution in [3.8, 4) is 0 Å². The fourth-order valence-electron chi connectivity index (χ4n) is 5.99. The monoisotopic (exact) mass is 490 g/mol. The zero-order valence-corrected chi connectivity index (χ0v) is 20.6. The zero-order valence-electron chi connectivity index (χ0n) is 19.8. The molecule has 3 aromatic rings. The Morgan fingerprint density at radius 3 is 2.66 bits per heavy atom. The van der Waals surface area contributed by atoms with Crippen molar-refractivity contribution in [3.63, 3.8) is 0 Å². The molecule has 0 unspecified atom stereocenters. The van der Waals surface area contributed by atoms with E-state index in [0.717, 1.165) is 54.4 Å². The van der Waals surface area contributed by atoms with Gasteiger partial charge in [-0.2, -0.15) is 0 Å². The van der Waals surface area contributed by atoms with E-state index in [9.17, 15) is 4.79 Å². The van der Waals surface area contributed by atoms with Gasteiger partial charge in [0.1, 0.15) is 0 Å². The maximum absolute atomic E-state index is 13.3. The summed E-state index contributed by atoms with van der Waals surface area (Å²) < 4.78 is 0. The Kier molecular flexibility index (Phi) is 5.19. The first-order valence-corrected chi connectivity index (χ1v) is 12.9. The van der Waals surface area contributed by atoms with Crippen LogP contribution in [0.1, 0.15) is 56.8 Å². The first kappa shape index (κ1) is 22.2. The van der Waals surface area contributed by atoms with Crippen LogP contribution < -0.4 is 22.1 Å².